The summed E-state index contributed by atoms with van der Waals surface area (Å²) in [6.45, 7) is 0. The van der Waals surface area contributed by atoms with Crippen LogP contribution >= 0.6 is 35.4 Å². The summed E-state index contributed by atoms with van der Waals surface area (Å²) in [6, 6.07) is 5.04. The molecule has 2 N–H and O–H groups in total. The van der Waals surface area contributed by atoms with Crippen LogP contribution in [0, 0.1) is 5.92 Å². The third kappa shape index (κ3) is 4.06. The van der Waals surface area contributed by atoms with Crippen LogP contribution < -0.4 is 10.6 Å². The number of carbonyl (C=O) groups excluding carboxylic acids is 1. The number of thiocarbonyl (C=S) groups is 1. The fourth-order valence-electron chi connectivity index (χ4n) is 2.15. The Labute approximate surface area is 127 Å². The van der Waals surface area contributed by atoms with Crippen LogP contribution in [0.5, 0.6) is 0 Å². The number of halogens is 2. The molecule has 6 heteroatoms. The van der Waals surface area contributed by atoms with Gasteiger partial charge < -0.3 is 10.6 Å². The van der Waals surface area contributed by atoms with Crippen molar-refractivity contribution >= 4 is 52.1 Å². The predicted molar refractivity (Wildman–Crippen MR) is 82.8 cm³/mol. The molecule has 0 saturated heterocycles. The smallest absolute Gasteiger partial charge is 0.229 e. The van der Waals surface area contributed by atoms with Crippen LogP contribution in [0.2, 0.25) is 10.0 Å². The van der Waals surface area contributed by atoms with Crippen molar-refractivity contribution in [2.75, 3.05) is 5.32 Å². The zero-order chi connectivity index (χ0) is 13.8. The summed E-state index contributed by atoms with van der Waals surface area (Å²) in [5.41, 5.74) is 0.628. The van der Waals surface area contributed by atoms with E-state index < -0.39 is 0 Å². The van der Waals surface area contributed by atoms with Gasteiger partial charge in [-0.2, -0.15) is 0 Å². The van der Waals surface area contributed by atoms with Crippen molar-refractivity contribution in [3.63, 3.8) is 0 Å². The monoisotopic (exact) mass is 316 g/mol. The highest BCUT2D eigenvalue weighted by Gasteiger charge is 2.23. The van der Waals surface area contributed by atoms with Gasteiger partial charge in [-0.3, -0.25) is 4.79 Å². The summed E-state index contributed by atoms with van der Waals surface area (Å²) in [6.07, 6.45) is 4.11. The molecule has 0 radical (unpaired) electrons. The first-order chi connectivity index (χ1) is 9.06. The van der Waals surface area contributed by atoms with Crippen molar-refractivity contribution in [2.24, 2.45) is 5.92 Å². The summed E-state index contributed by atoms with van der Waals surface area (Å²) < 4.78 is 0. The summed E-state index contributed by atoms with van der Waals surface area (Å²) in [5.74, 6) is 0.0699. The molecule has 0 bridgehead atoms. The van der Waals surface area contributed by atoms with E-state index in [0.29, 0.717) is 15.7 Å². The molecule has 102 valence electrons. The molecule has 0 spiro atoms. The van der Waals surface area contributed by atoms with Crippen LogP contribution in [0.4, 0.5) is 5.69 Å². The lowest BCUT2D eigenvalue weighted by atomic mass is 10.1. The van der Waals surface area contributed by atoms with E-state index in [0.717, 1.165) is 25.7 Å². The zero-order valence-corrected chi connectivity index (χ0v) is 12.5. The molecule has 0 aromatic heterocycles. The molecule has 19 heavy (non-hydrogen) atoms. The number of anilines is 1. The molecule has 1 saturated carbocycles. The number of carbonyl (C=O) groups is 1. The van der Waals surface area contributed by atoms with Gasteiger partial charge in [-0.1, -0.05) is 36.0 Å². The maximum absolute atomic E-state index is 11.9. The van der Waals surface area contributed by atoms with Crippen LogP contribution in [-0.4, -0.2) is 11.0 Å². The van der Waals surface area contributed by atoms with Gasteiger partial charge in [0.1, 0.15) is 0 Å². The molecule has 1 aromatic carbocycles. The molecule has 0 aliphatic heterocycles. The van der Waals surface area contributed by atoms with Crippen molar-refractivity contribution in [1.82, 2.24) is 5.32 Å². The third-order valence-corrected chi connectivity index (χ3v) is 3.89. The van der Waals surface area contributed by atoms with Gasteiger partial charge in [0.25, 0.3) is 0 Å². The van der Waals surface area contributed by atoms with E-state index in [-0.39, 0.29) is 16.9 Å². The summed E-state index contributed by atoms with van der Waals surface area (Å²) in [4.78, 5) is 11.9. The van der Waals surface area contributed by atoms with Crippen LogP contribution in [0.15, 0.2) is 18.2 Å². The first kappa shape index (κ1) is 14.6. The number of amides is 1. The molecule has 0 unspecified atom stereocenters. The Morgan fingerprint density at radius 1 is 1.26 bits per heavy atom. The molecule has 1 aromatic rings. The lowest BCUT2D eigenvalue weighted by Gasteiger charge is -2.13. The second-order valence-corrected chi connectivity index (χ2v) is 5.80. The van der Waals surface area contributed by atoms with Crippen LogP contribution in [-0.2, 0) is 4.79 Å². The number of hydrogen-bond acceptors (Lipinski definition) is 2. The minimum atomic E-state index is -0.0138. The molecular formula is C13H14Cl2N2OS. The standard InChI is InChI=1S/C13H14Cl2N2OS/c14-9-5-6-11(10(15)7-9)16-13(19)17-12(18)8-3-1-2-4-8/h5-8H,1-4H2,(H2,16,17,18,19). The molecule has 1 aliphatic rings. The molecule has 2 rings (SSSR count). The maximum atomic E-state index is 11.9. The summed E-state index contributed by atoms with van der Waals surface area (Å²) >= 11 is 16.9. The quantitative estimate of drug-likeness (QED) is 0.810. The first-order valence-electron chi connectivity index (χ1n) is 6.13. The SMILES string of the molecule is O=C(NC(=S)Nc1ccc(Cl)cc1Cl)C1CCCC1. The lowest BCUT2D eigenvalue weighted by molar-refractivity contribution is -0.123. The van der Waals surface area contributed by atoms with Crippen molar-refractivity contribution in [3.05, 3.63) is 28.2 Å². The van der Waals surface area contributed by atoms with E-state index in [4.69, 9.17) is 35.4 Å². The largest absolute Gasteiger partial charge is 0.331 e. The van der Waals surface area contributed by atoms with E-state index in [1.807, 2.05) is 0 Å². The van der Waals surface area contributed by atoms with Gasteiger partial charge in [-0.05, 0) is 43.3 Å². The average molecular weight is 317 g/mol. The molecule has 0 heterocycles. The summed E-state index contributed by atoms with van der Waals surface area (Å²) in [7, 11) is 0. The number of nitrogens with one attached hydrogen (secondary N) is 2. The van der Waals surface area contributed by atoms with E-state index in [2.05, 4.69) is 10.6 Å². The van der Waals surface area contributed by atoms with Gasteiger partial charge in [-0.15, -0.1) is 0 Å². The fourth-order valence-corrected chi connectivity index (χ4v) is 2.81. The highest BCUT2D eigenvalue weighted by Crippen LogP contribution is 2.26. The van der Waals surface area contributed by atoms with Gasteiger partial charge >= 0.3 is 0 Å². The molecule has 1 fully saturated rings. The second kappa shape index (κ2) is 6.55. The highest BCUT2D eigenvalue weighted by molar-refractivity contribution is 7.80. The van der Waals surface area contributed by atoms with Gasteiger partial charge in [0, 0.05) is 10.9 Å². The minimum Gasteiger partial charge on any atom is -0.331 e. The highest BCUT2D eigenvalue weighted by atomic mass is 35.5. The fraction of sp³-hybridized carbons (Fsp3) is 0.385. The number of rotatable bonds is 2. The van der Waals surface area contributed by atoms with E-state index >= 15 is 0 Å². The second-order valence-electron chi connectivity index (χ2n) is 4.55. The normalized spacial score (nSPS) is 15.3. The van der Waals surface area contributed by atoms with Crippen LogP contribution in [0.1, 0.15) is 25.7 Å². The third-order valence-electron chi connectivity index (χ3n) is 3.14. The Morgan fingerprint density at radius 2 is 1.95 bits per heavy atom. The van der Waals surface area contributed by atoms with Crippen molar-refractivity contribution in [3.8, 4) is 0 Å². The van der Waals surface area contributed by atoms with E-state index in [1.165, 1.54) is 0 Å². The maximum Gasteiger partial charge on any atom is 0.229 e. The average Bonchev–Trinajstić information content (AvgIpc) is 2.86. The lowest BCUT2D eigenvalue weighted by Crippen LogP contribution is -2.37. The van der Waals surface area contributed by atoms with Gasteiger partial charge in [0.15, 0.2) is 5.11 Å². The summed E-state index contributed by atoms with van der Waals surface area (Å²) in [5, 5.41) is 6.88. The van der Waals surface area contributed by atoms with Gasteiger partial charge in [-0.25, -0.2) is 0 Å². The molecule has 3 nitrogen and oxygen atoms in total. The molecule has 1 amide bonds. The Kier molecular flexibility index (Phi) is 5.02. The zero-order valence-electron chi connectivity index (χ0n) is 10.2. The molecule has 0 atom stereocenters. The Morgan fingerprint density at radius 3 is 2.58 bits per heavy atom. The van der Waals surface area contributed by atoms with E-state index in [9.17, 15) is 4.79 Å². The van der Waals surface area contributed by atoms with Gasteiger partial charge in [0.05, 0.1) is 10.7 Å². The van der Waals surface area contributed by atoms with Crippen molar-refractivity contribution in [2.45, 2.75) is 25.7 Å². The predicted octanol–water partition coefficient (Wildman–Crippen LogP) is 4.00. The topological polar surface area (TPSA) is 41.1 Å². The minimum absolute atomic E-state index is 0.0138. The Balaban J connectivity index is 1.91. The van der Waals surface area contributed by atoms with Crippen molar-refractivity contribution in [1.29, 1.82) is 0 Å². The Bertz CT molecular complexity index is 501. The van der Waals surface area contributed by atoms with Crippen molar-refractivity contribution < 1.29 is 4.79 Å². The number of hydrogen-bond donors (Lipinski definition) is 2. The van der Waals surface area contributed by atoms with Gasteiger partial charge in [0.2, 0.25) is 5.91 Å². The molecule has 1 aliphatic carbocycles. The molecular weight excluding hydrogens is 303 g/mol. The van der Waals surface area contributed by atoms with Crippen LogP contribution in [0.3, 0.4) is 0 Å². The van der Waals surface area contributed by atoms with Crippen LogP contribution in [0.25, 0.3) is 0 Å². The first-order valence-corrected chi connectivity index (χ1v) is 7.29. The Hall–Kier alpha value is -0.840. The van der Waals surface area contributed by atoms with E-state index in [1.54, 1.807) is 18.2 Å². The number of benzene rings is 1.